The number of carbonyl (C=O) groups excluding carboxylic acids is 4. The maximum absolute atomic E-state index is 13.1. The van der Waals surface area contributed by atoms with Gasteiger partial charge < -0.3 is 19.5 Å². The summed E-state index contributed by atoms with van der Waals surface area (Å²) >= 11 is 0. The number of hydrogen-bond donors (Lipinski definition) is 1. The number of imide groups is 1. The van der Waals surface area contributed by atoms with E-state index in [1.165, 1.54) is 0 Å². The van der Waals surface area contributed by atoms with Gasteiger partial charge in [0.25, 0.3) is 5.91 Å². The first-order chi connectivity index (χ1) is 16.1. The minimum Gasteiger partial charge on any atom is -0.490 e. The summed E-state index contributed by atoms with van der Waals surface area (Å²) in [6, 6.07) is 4.20. The molecule has 0 unspecified atom stereocenters. The number of carbonyl (C=O) groups is 4. The van der Waals surface area contributed by atoms with Gasteiger partial charge in [0.2, 0.25) is 0 Å². The van der Waals surface area contributed by atoms with Gasteiger partial charge in [-0.1, -0.05) is 20.8 Å². The van der Waals surface area contributed by atoms with Crippen molar-refractivity contribution in [2.45, 2.75) is 58.4 Å². The zero-order valence-corrected chi connectivity index (χ0v) is 20.0. The first-order valence-corrected chi connectivity index (χ1v) is 11.8. The molecule has 3 aliphatic rings. The molecule has 1 spiro atoms. The van der Waals surface area contributed by atoms with Crippen LogP contribution in [0.3, 0.4) is 0 Å². The second-order valence-electron chi connectivity index (χ2n) is 10.3. The van der Waals surface area contributed by atoms with E-state index in [1.54, 1.807) is 18.2 Å². The van der Waals surface area contributed by atoms with Crippen LogP contribution >= 0.6 is 0 Å². The molecule has 0 aromatic heterocycles. The Bertz CT molecular complexity index is 989. The Morgan fingerprint density at radius 3 is 2.47 bits per heavy atom. The van der Waals surface area contributed by atoms with Crippen LogP contribution in [-0.4, -0.2) is 60.5 Å². The van der Waals surface area contributed by atoms with E-state index in [0.29, 0.717) is 49.0 Å². The second kappa shape index (κ2) is 9.27. The Hall–Kier alpha value is -3.10. The average Bonchev–Trinajstić information content (AvgIpc) is 2.95. The van der Waals surface area contributed by atoms with Gasteiger partial charge in [-0.05, 0) is 55.2 Å². The Morgan fingerprint density at radius 1 is 1.12 bits per heavy atom. The van der Waals surface area contributed by atoms with Crippen LogP contribution in [-0.2, 0) is 14.3 Å². The van der Waals surface area contributed by atoms with Gasteiger partial charge in [0.15, 0.2) is 23.9 Å². The first-order valence-electron chi connectivity index (χ1n) is 11.8. The molecule has 0 atom stereocenters. The lowest BCUT2D eigenvalue weighted by Gasteiger charge is -2.40. The topological polar surface area (TPSA) is 111 Å². The molecule has 1 aliphatic carbocycles. The van der Waals surface area contributed by atoms with Gasteiger partial charge in [-0.25, -0.2) is 4.79 Å². The highest BCUT2D eigenvalue weighted by Gasteiger charge is 2.53. The van der Waals surface area contributed by atoms with Gasteiger partial charge in [0, 0.05) is 12.0 Å². The van der Waals surface area contributed by atoms with Crippen molar-refractivity contribution in [1.82, 2.24) is 10.2 Å². The number of amides is 3. The minimum atomic E-state index is -0.946. The van der Waals surface area contributed by atoms with Crippen molar-refractivity contribution >= 4 is 23.7 Å². The van der Waals surface area contributed by atoms with E-state index in [0.717, 1.165) is 24.2 Å². The van der Waals surface area contributed by atoms with E-state index in [2.05, 4.69) is 26.1 Å². The highest BCUT2D eigenvalue weighted by molar-refractivity contribution is 6.09. The summed E-state index contributed by atoms with van der Waals surface area (Å²) in [4.78, 5) is 51.3. The van der Waals surface area contributed by atoms with Crippen LogP contribution in [0.15, 0.2) is 18.2 Å². The number of nitrogens with zero attached hydrogens (tertiary/aromatic N) is 1. The number of fused-ring (bicyclic) bond motifs is 1. The fraction of sp³-hybridized carbons (Fsp3) is 0.600. The van der Waals surface area contributed by atoms with Crippen LogP contribution in [0.2, 0.25) is 0 Å². The molecule has 184 valence electrons. The van der Waals surface area contributed by atoms with Gasteiger partial charge >= 0.3 is 12.0 Å². The van der Waals surface area contributed by atoms with Crippen LogP contribution in [0.4, 0.5) is 4.79 Å². The van der Waals surface area contributed by atoms with Crippen LogP contribution in [0, 0.1) is 11.3 Å². The Morgan fingerprint density at radius 2 is 1.79 bits per heavy atom. The number of urea groups is 1. The molecule has 3 amide bonds. The molecular weight excluding hydrogens is 440 g/mol. The van der Waals surface area contributed by atoms with Crippen molar-refractivity contribution in [1.29, 1.82) is 0 Å². The van der Waals surface area contributed by atoms with E-state index >= 15 is 0 Å². The molecule has 1 saturated carbocycles. The number of esters is 1. The lowest BCUT2D eigenvalue weighted by Crippen LogP contribution is -2.50. The maximum Gasteiger partial charge on any atom is 0.326 e. The lowest BCUT2D eigenvalue weighted by molar-refractivity contribution is -0.147. The molecular formula is C25H32N2O7. The molecule has 0 radical (unpaired) electrons. The van der Waals surface area contributed by atoms with Crippen molar-refractivity contribution in [3.63, 3.8) is 0 Å². The predicted molar refractivity (Wildman–Crippen MR) is 122 cm³/mol. The summed E-state index contributed by atoms with van der Waals surface area (Å²) < 4.78 is 16.2. The summed E-state index contributed by atoms with van der Waals surface area (Å²) in [6.07, 6.45) is 3.51. The molecule has 1 aromatic carbocycles. The zero-order chi connectivity index (χ0) is 24.5. The number of hydrogen-bond acceptors (Lipinski definition) is 7. The van der Waals surface area contributed by atoms with E-state index in [9.17, 15) is 19.2 Å². The zero-order valence-electron chi connectivity index (χ0n) is 20.0. The third-order valence-electron chi connectivity index (χ3n) is 7.03. The van der Waals surface area contributed by atoms with Crippen molar-refractivity contribution in [2.75, 3.05) is 26.4 Å². The molecule has 9 heteroatoms. The number of ether oxygens (including phenoxy) is 3. The van der Waals surface area contributed by atoms with Gasteiger partial charge in [-0.3, -0.25) is 19.3 Å². The van der Waals surface area contributed by atoms with E-state index in [4.69, 9.17) is 14.2 Å². The Balaban J connectivity index is 1.31. The molecule has 1 aromatic rings. The number of ketones is 1. The number of Topliss-reactive ketones (excluding diaryl/α,β-unsaturated/α-hetero) is 1. The monoisotopic (exact) mass is 472 g/mol. The predicted octanol–water partition coefficient (Wildman–Crippen LogP) is 3.10. The van der Waals surface area contributed by atoms with Gasteiger partial charge in [0.05, 0.1) is 13.2 Å². The van der Waals surface area contributed by atoms with Crippen molar-refractivity contribution in [2.24, 2.45) is 11.3 Å². The number of nitrogens with one attached hydrogen (secondary N) is 1. The third-order valence-corrected chi connectivity index (χ3v) is 7.03. The van der Waals surface area contributed by atoms with Crippen molar-refractivity contribution < 1.29 is 33.4 Å². The summed E-state index contributed by atoms with van der Waals surface area (Å²) in [5.41, 5.74) is -0.486. The van der Waals surface area contributed by atoms with Gasteiger partial charge in [-0.15, -0.1) is 0 Å². The molecule has 1 saturated heterocycles. The van der Waals surface area contributed by atoms with E-state index in [-0.39, 0.29) is 5.41 Å². The maximum atomic E-state index is 13.1. The van der Waals surface area contributed by atoms with Crippen molar-refractivity contribution in [3.05, 3.63) is 23.8 Å². The fourth-order valence-electron chi connectivity index (χ4n) is 4.88. The number of rotatable bonds is 5. The molecule has 2 fully saturated rings. The fourth-order valence-corrected chi connectivity index (χ4v) is 4.88. The summed E-state index contributed by atoms with van der Waals surface area (Å²) in [7, 11) is 0. The van der Waals surface area contributed by atoms with Crippen molar-refractivity contribution in [3.8, 4) is 11.5 Å². The van der Waals surface area contributed by atoms with Crippen LogP contribution in [0.5, 0.6) is 11.5 Å². The van der Waals surface area contributed by atoms with Crippen LogP contribution < -0.4 is 14.8 Å². The Labute approximate surface area is 199 Å². The minimum absolute atomic E-state index is 0.139. The quantitative estimate of drug-likeness (QED) is 0.398. The normalized spacial score (nSPS) is 24.6. The standard InChI is InChI=1S/C25H32N2O7/c1-24(2,3)17-7-9-25(10-8-17)22(30)27(23(31)26-25)14-21(29)34-15-18(28)16-5-6-19-20(13-16)33-12-4-11-32-19/h5-6,13,17H,4,7-12,14-15H2,1-3H3,(H,26,31). The molecule has 2 heterocycles. The van der Waals surface area contributed by atoms with E-state index in [1.807, 2.05) is 0 Å². The summed E-state index contributed by atoms with van der Waals surface area (Å²) in [5.74, 6) is -0.117. The molecule has 4 rings (SSSR count). The Kier molecular flexibility index (Phi) is 6.55. The lowest BCUT2D eigenvalue weighted by atomic mass is 9.67. The first kappa shape index (κ1) is 24.0. The highest BCUT2D eigenvalue weighted by Crippen LogP contribution is 2.43. The molecule has 34 heavy (non-hydrogen) atoms. The summed E-state index contributed by atoms with van der Waals surface area (Å²) in [5, 5.41) is 2.81. The molecule has 0 bridgehead atoms. The largest absolute Gasteiger partial charge is 0.490 e. The smallest absolute Gasteiger partial charge is 0.326 e. The molecule has 2 aliphatic heterocycles. The molecule has 9 nitrogen and oxygen atoms in total. The highest BCUT2D eigenvalue weighted by atomic mass is 16.5. The SMILES string of the molecule is CC(C)(C)C1CCC2(CC1)NC(=O)N(CC(=O)OCC(=O)c1ccc3c(c1)OCCCO3)C2=O. The molecule has 1 N–H and O–H groups in total. The second-order valence-corrected chi connectivity index (χ2v) is 10.3. The van der Waals surface area contributed by atoms with Crippen LogP contribution in [0.25, 0.3) is 0 Å². The van der Waals surface area contributed by atoms with Gasteiger partial charge in [0.1, 0.15) is 12.1 Å². The van der Waals surface area contributed by atoms with Crippen LogP contribution in [0.1, 0.15) is 63.2 Å². The van der Waals surface area contributed by atoms with Gasteiger partial charge in [-0.2, -0.15) is 0 Å². The average molecular weight is 473 g/mol. The third kappa shape index (κ3) is 4.88. The summed E-state index contributed by atoms with van der Waals surface area (Å²) in [6.45, 7) is 6.55. The van der Waals surface area contributed by atoms with E-state index < -0.39 is 42.4 Å². The number of benzene rings is 1.